The standard InChI is InChI=1S/C16H15BrClNO2/c1-9-6-12(17)7-10(2)15(9)19-16(20)11-4-5-13(18)14(8-11)21-3/h4-8H,1-3H3,(H,19,20). The second kappa shape index (κ2) is 6.50. The van der Waals surface area contributed by atoms with E-state index in [1.165, 1.54) is 7.11 Å². The number of aryl methyl sites for hydroxylation is 2. The highest BCUT2D eigenvalue weighted by Crippen LogP contribution is 2.28. The summed E-state index contributed by atoms with van der Waals surface area (Å²) in [5.74, 6) is 0.284. The molecule has 1 N–H and O–H groups in total. The number of nitrogens with one attached hydrogen (secondary N) is 1. The number of carbonyl (C=O) groups excluding carboxylic acids is 1. The summed E-state index contributed by atoms with van der Waals surface area (Å²) >= 11 is 9.41. The molecule has 0 unspecified atom stereocenters. The highest BCUT2D eigenvalue weighted by molar-refractivity contribution is 9.10. The highest BCUT2D eigenvalue weighted by Gasteiger charge is 2.12. The molecule has 2 rings (SSSR count). The van der Waals surface area contributed by atoms with E-state index in [4.69, 9.17) is 16.3 Å². The van der Waals surface area contributed by atoms with Gasteiger partial charge in [0.15, 0.2) is 0 Å². The fourth-order valence-corrected chi connectivity index (χ4v) is 2.98. The third-order valence-electron chi connectivity index (χ3n) is 3.15. The van der Waals surface area contributed by atoms with Gasteiger partial charge in [0.05, 0.1) is 12.1 Å². The van der Waals surface area contributed by atoms with Crippen LogP contribution in [0.1, 0.15) is 21.5 Å². The molecule has 2 aromatic rings. The van der Waals surface area contributed by atoms with Crippen molar-refractivity contribution < 1.29 is 9.53 Å². The molecule has 0 bridgehead atoms. The molecule has 0 spiro atoms. The zero-order valence-corrected chi connectivity index (χ0v) is 14.3. The maximum Gasteiger partial charge on any atom is 0.255 e. The summed E-state index contributed by atoms with van der Waals surface area (Å²) in [4.78, 5) is 12.4. The van der Waals surface area contributed by atoms with Crippen LogP contribution in [-0.2, 0) is 0 Å². The van der Waals surface area contributed by atoms with Crippen molar-refractivity contribution in [3.8, 4) is 5.75 Å². The molecule has 21 heavy (non-hydrogen) atoms. The zero-order valence-electron chi connectivity index (χ0n) is 12.0. The number of hydrogen-bond donors (Lipinski definition) is 1. The Hall–Kier alpha value is -1.52. The van der Waals surface area contributed by atoms with Gasteiger partial charge < -0.3 is 10.1 Å². The van der Waals surface area contributed by atoms with Gasteiger partial charge in [-0.1, -0.05) is 27.5 Å². The zero-order chi connectivity index (χ0) is 15.6. The molecule has 0 fully saturated rings. The number of rotatable bonds is 3. The van der Waals surface area contributed by atoms with Gasteiger partial charge in [0.2, 0.25) is 0 Å². The van der Waals surface area contributed by atoms with Crippen molar-refractivity contribution in [1.29, 1.82) is 0 Å². The van der Waals surface area contributed by atoms with Gasteiger partial charge in [0.1, 0.15) is 5.75 Å². The van der Waals surface area contributed by atoms with Crippen LogP contribution < -0.4 is 10.1 Å². The third-order valence-corrected chi connectivity index (χ3v) is 3.92. The summed E-state index contributed by atoms with van der Waals surface area (Å²) in [5.41, 5.74) is 3.31. The van der Waals surface area contributed by atoms with Crippen LogP contribution in [0.15, 0.2) is 34.8 Å². The Morgan fingerprint density at radius 3 is 2.38 bits per heavy atom. The lowest BCUT2D eigenvalue weighted by molar-refractivity contribution is 0.102. The van der Waals surface area contributed by atoms with Crippen LogP contribution in [-0.4, -0.2) is 13.0 Å². The Bertz CT molecular complexity index is 678. The van der Waals surface area contributed by atoms with Crippen LogP contribution in [0.5, 0.6) is 5.75 Å². The number of anilines is 1. The van der Waals surface area contributed by atoms with Gasteiger partial charge in [0.25, 0.3) is 5.91 Å². The smallest absolute Gasteiger partial charge is 0.255 e. The Labute approximate surface area is 137 Å². The molecule has 5 heteroatoms. The van der Waals surface area contributed by atoms with Crippen molar-refractivity contribution in [2.75, 3.05) is 12.4 Å². The first-order valence-corrected chi connectivity index (χ1v) is 7.51. The van der Waals surface area contributed by atoms with Crippen LogP contribution in [0.25, 0.3) is 0 Å². The molecular weight excluding hydrogens is 354 g/mol. The molecule has 0 aliphatic rings. The number of hydrogen-bond acceptors (Lipinski definition) is 2. The molecule has 0 radical (unpaired) electrons. The van der Waals surface area contributed by atoms with Crippen molar-refractivity contribution >= 4 is 39.1 Å². The molecule has 0 atom stereocenters. The number of ether oxygens (including phenoxy) is 1. The van der Waals surface area contributed by atoms with E-state index in [2.05, 4.69) is 21.2 Å². The topological polar surface area (TPSA) is 38.3 Å². The minimum atomic E-state index is -0.196. The average molecular weight is 369 g/mol. The van der Waals surface area contributed by atoms with E-state index in [1.807, 2.05) is 26.0 Å². The predicted molar refractivity (Wildman–Crippen MR) is 89.6 cm³/mol. The van der Waals surface area contributed by atoms with Crippen LogP contribution in [0.3, 0.4) is 0 Å². The van der Waals surface area contributed by atoms with Crippen molar-refractivity contribution in [3.05, 3.63) is 56.5 Å². The first kappa shape index (κ1) is 15.9. The molecule has 110 valence electrons. The van der Waals surface area contributed by atoms with Crippen LogP contribution in [0.4, 0.5) is 5.69 Å². The van der Waals surface area contributed by atoms with Crippen LogP contribution in [0, 0.1) is 13.8 Å². The minimum Gasteiger partial charge on any atom is -0.495 e. The average Bonchev–Trinajstić information content (AvgIpc) is 2.43. The van der Waals surface area contributed by atoms with Crippen molar-refractivity contribution in [2.45, 2.75) is 13.8 Å². The van der Waals surface area contributed by atoms with Gasteiger partial charge in [-0.2, -0.15) is 0 Å². The van der Waals surface area contributed by atoms with Gasteiger partial charge in [-0.3, -0.25) is 4.79 Å². The summed E-state index contributed by atoms with van der Waals surface area (Å²) in [6.45, 7) is 3.91. The molecule has 1 amide bonds. The highest BCUT2D eigenvalue weighted by atomic mass is 79.9. The predicted octanol–water partition coefficient (Wildman–Crippen LogP) is 4.98. The molecule has 0 saturated carbocycles. The second-order valence-electron chi connectivity index (χ2n) is 4.72. The SMILES string of the molecule is COc1cc(C(=O)Nc2c(C)cc(Br)cc2C)ccc1Cl. The van der Waals surface area contributed by atoms with E-state index >= 15 is 0 Å². The largest absolute Gasteiger partial charge is 0.495 e. The maximum atomic E-state index is 12.4. The first-order chi connectivity index (χ1) is 9.92. The molecule has 0 saturated heterocycles. The van der Waals surface area contributed by atoms with Crippen LogP contribution >= 0.6 is 27.5 Å². The monoisotopic (exact) mass is 367 g/mol. The molecule has 0 heterocycles. The summed E-state index contributed by atoms with van der Waals surface area (Å²) in [5, 5.41) is 3.41. The fraction of sp³-hybridized carbons (Fsp3) is 0.188. The van der Waals surface area contributed by atoms with E-state index in [0.717, 1.165) is 21.3 Å². The van der Waals surface area contributed by atoms with Gasteiger partial charge >= 0.3 is 0 Å². The lowest BCUT2D eigenvalue weighted by Gasteiger charge is -2.13. The fourth-order valence-electron chi connectivity index (χ4n) is 2.09. The van der Waals surface area contributed by atoms with Crippen molar-refractivity contribution in [3.63, 3.8) is 0 Å². The van der Waals surface area contributed by atoms with Crippen molar-refractivity contribution in [2.24, 2.45) is 0 Å². The number of carbonyl (C=O) groups is 1. The molecule has 3 nitrogen and oxygen atoms in total. The Kier molecular flexibility index (Phi) is 4.91. The molecular formula is C16H15BrClNO2. The quantitative estimate of drug-likeness (QED) is 0.829. The Balaban J connectivity index is 2.30. The van der Waals surface area contributed by atoms with Gasteiger partial charge in [0, 0.05) is 15.7 Å². The maximum absolute atomic E-state index is 12.4. The van der Waals surface area contributed by atoms with Crippen LogP contribution in [0.2, 0.25) is 5.02 Å². The molecule has 0 aliphatic heterocycles. The summed E-state index contributed by atoms with van der Waals surface area (Å²) in [6, 6.07) is 8.87. The first-order valence-electron chi connectivity index (χ1n) is 6.34. The number of halogens is 2. The molecule has 0 aliphatic carbocycles. The van der Waals surface area contributed by atoms with Crippen molar-refractivity contribution in [1.82, 2.24) is 0 Å². The van der Waals surface area contributed by atoms with E-state index < -0.39 is 0 Å². The van der Waals surface area contributed by atoms with Gasteiger partial charge in [-0.15, -0.1) is 0 Å². The molecule has 2 aromatic carbocycles. The lowest BCUT2D eigenvalue weighted by Crippen LogP contribution is -2.14. The summed E-state index contributed by atoms with van der Waals surface area (Å²) < 4.78 is 6.12. The minimum absolute atomic E-state index is 0.196. The number of amides is 1. The van der Waals surface area contributed by atoms with Gasteiger partial charge in [-0.25, -0.2) is 0 Å². The normalized spacial score (nSPS) is 10.3. The Morgan fingerprint density at radius 1 is 1.19 bits per heavy atom. The van der Waals surface area contributed by atoms with E-state index in [0.29, 0.717) is 16.3 Å². The third kappa shape index (κ3) is 3.57. The van der Waals surface area contributed by atoms with E-state index in [1.54, 1.807) is 18.2 Å². The molecule has 0 aromatic heterocycles. The van der Waals surface area contributed by atoms with Gasteiger partial charge in [-0.05, 0) is 55.3 Å². The summed E-state index contributed by atoms with van der Waals surface area (Å²) in [7, 11) is 1.52. The second-order valence-corrected chi connectivity index (χ2v) is 6.04. The summed E-state index contributed by atoms with van der Waals surface area (Å²) in [6.07, 6.45) is 0. The van der Waals surface area contributed by atoms with E-state index in [-0.39, 0.29) is 5.91 Å². The number of methoxy groups -OCH3 is 1. The van der Waals surface area contributed by atoms with E-state index in [9.17, 15) is 4.79 Å². The number of benzene rings is 2. The Morgan fingerprint density at radius 2 is 1.81 bits per heavy atom. The lowest BCUT2D eigenvalue weighted by atomic mass is 10.1.